The van der Waals surface area contributed by atoms with Gasteiger partial charge in [-0.2, -0.15) is 5.10 Å². The lowest BCUT2D eigenvalue weighted by Crippen LogP contribution is -2.41. The standard InChI is InChI=1S/C22H28N4O3/c1-4-23-21(28)13-29-22-18(16-11-24-25(12-16)17-6-7-17)9-10-20-19(22)8-5-14(2)26(20)15(3)27/h9-12,14,17H,4-8,13H2,1-3H3,(H,23,28)/t14-/m0/s1. The number of fused-ring (bicyclic) bond motifs is 1. The highest BCUT2D eigenvalue weighted by atomic mass is 16.5. The molecule has 0 spiro atoms. The third-order valence-electron chi connectivity index (χ3n) is 5.64. The molecule has 2 heterocycles. The summed E-state index contributed by atoms with van der Waals surface area (Å²) in [6, 6.07) is 4.61. The predicted molar refractivity (Wildman–Crippen MR) is 111 cm³/mol. The lowest BCUT2D eigenvalue weighted by atomic mass is 9.92. The Morgan fingerprint density at radius 2 is 2.07 bits per heavy atom. The molecule has 1 aliphatic heterocycles. The zero-order valence-corrected chi connectivity index (χ0v) is 17.3. The zero-order chi connectivity index (χ0) is 20.5. The van der Waals surface area contributed by atoms with E-state index in [4.69, 9.17) is 4.74 Å². The number of carbonyl (C=O) groups excluding carboxylic acids is 2. The van der Waals surface area contributed by atoms with Gasteiger partial charge in [-0.05, 0) is 51.7 Å². The molecule has 1 saturated carbocycles. The summed E-state index contributed by atoms with van der Waals surface area (Å²) in [5.74, 6) is 0.544. The lowest BCUT2D eigenvalue weighted by molar-refractivity contribution is -0.123. The summed E-state index contributed by atoms with van der Waals surface area (Å²) in [5, 5.41) is 7.28. The highest BCUT2D eigenvalue weighted by molar-refractivity contribution is 5.95. The first-order valence-corrected chi connectivity index (χ1v) is 10.4. The Bertz CT molecular complexity index is 932. The van der Waals surface area contributed by atoms with Gasteiger partial charge in [0.25, 0.3) is 5.91 Å². The average Bonchev–Trinajstić information content (AvgIpc) is 3.43. The first kappa shape index (κ1) is 19.5. The molecule has 7 nitrogen and oxygen atoms in total. The number of hydrogen-bond acceptors (Lipinski definition) is 4. The zero-order valence-electron chi connectivity index (χ0n) is 17.3. The van der Waals surface area contributed by atoms with Crippen LogP contribution in [0.3, 0.4) is 0 Å². The fourth-order valence-corrected chi connectivity index (χ4v) is 4.08. The molecular weight excluding hydrogens is 368 g/mol. The summed E-state index contributed by atoms with van der Waals surface area (Å²) in [6.07, 6.45) is 7.89. The molecule has 2 aliphatic rings. The van der Waals surface area contributed by atoms with Crippen LogP contribution in [0.25, 0.3) is 11.1 Å². The van der Waals surface area contributed by atoms with Crippen LogP contribution < -0.4 is 15.0 Å². The number of likely N-dealkylation sites (N-methyl/N-ethyl adjacent to an activating group) is 1. The van der Waals surface area contributed by atoms with Crippen molar-refractivity contribution in [1.29, 1.82) is 0 Å². The van der Waals surface area contributed by atoms with Gasteiger partial charge in [-0.25, -0.2) is 0 Å². The van der Waals surface area contributed by atoms with Crippen molar-refractivity contribution < 1.29 is 14.3 Å². The maximum Gasteiger partial charge on any atom is 0.257 e. The molecule has 0 unspecified atom stereocenters. The van der Waals surface area contributed by atoms with E-state index in [1.807, 2.05) is 41.0 Å². The monoisotopic (exact) mass is 396 g/mol. The van der Waals surface area contributed by atoms with Crippen LogP contribution in [0, 0.1) is 0 Å². The van der Waals surface area contributed by atoms with Gasteiger partial charge in [0.05, 0.1) is 17.9 Å². The number of amides is 2. The fourth-order valence-electron chi connectivity index (χ4n) is 4.08. The van der Waals surface area contributed by atoms with E-state index in [0.717, 1.165) is 48.1 Å². The first-order valence-electron chi connectivity index (χ1n) is 10.4. The predicted octanol–water partition coefficient (Wildman–Crippen LogP) is 3.09. The van der Waals surface area contributed by atoms with Gasteiger partial charge in [0.15, 0.2) is 6.61 Å². The number of hydrogen-bond donors (Lipinski definition) is 1. The van der Waals surface area contributed by atoms with E-state index in [9.17, 15) is 9.59 Å². The topological polar surface area (TPSA) is 76.5 Å². The van der Waals surface area contributed by atoms with Gasteiger partial charge in [-0.15, -0.1) is 0 Å². The minimum absolute atomic E-state index is 0.0161. The molecule has 2 aromatic rings. The molecule has 1 N–H and O–H groups in total. The van der Waals surface area contributed by atoms with Crippen molar-refractivity contribution in [2.24, 2.45) is 0 Å². The van der Waals surface area contributed by atoms with E-state index >= 15 is 0 Å². The van der Waals surface area contributed by atoms with Gasteiger partial charge >= 0.3 is 0 Å². The number of carbonyl (C=O) groups is 2. The molecule has 0 bridgehead atoms. The summed E-state index contributed by atoms with van der Waals surface area (Å²) in [4.78, 5) is 26.2. The molecule has 0 saturated heterocycles. The van der Waals surface area contributed by atoms with Crippen LogP contribution in [0.15, 0.2) is 24.5 Å². The van der Waals surface area contributed by atoms with Gasteiger partial charge in [-0.1, -0.05) is 0 Å². The van der Waals surface area contributed by atoms with Crippen LogP contribution in [0.2, 0.25) is 0 Å². The smallest absolute Gasteiger partial charge is 0.257 e. The highest BCUT2D eigenvalue weighted by Crippen LogP contribution is 2.43. The largest absolute Gasteiger partial charge is 0.483 e. The maximum absolute atomic E-state index is 12.3. The second-order valence-corrected chi connectivity index (χ2v) is 7.90. The van der Waals surface area contributed by atoms with Gasteiger partial charge < -0.3 is 15.0 Å². The van der Waals surface area contributed by atoms with Crippen molar-refractivity contribution >= 4 is 17.5 Å². The Morgan fingerprint density at radius 1 is 1.28 bits per heavy atom. The molecule has 1 aromatic heterocycles. The number of anilines is 1. The summed E-state index contributed by atoms with van der Waals surface area (Å²) >= 11 is 0. The molecule has 1 atom stereocenters. The number of nitrogens with one attached hydrogen (secondary N) is 1. The number of nitrogens with zero attached hydrogens (tertiary/aromatic N) is 3. The normalized spacial score (nSPS) is 18.3. The Kier molecular flexibility index (Phi) is 5.30. The minimum Gasteiger partial charge on any atom is -0.483 e. The molecule has 1 aromatic carbocycles. The van der Waals surface area contributed by atoms with Crippen molar-refractivity contribution in [2.45, 2.75) is 58.5 Å². The molecule has 1 fully saturated rings. The summed E-state index contributed by atoms with van der Waals surface area (Å²) in [6.45, 7) is 6.04. The molecule has 29 heavy (non-hydrogen) atoms. The molecule has 2 amide bonds. The number of aromatic nitrogens is 2. The highest BCUT2D eigenvalue weighted by Gasteiger charge is 2.31. The van der Waals surface area contributed by atoms with Crippen LogP contribution in [0.4, 0.5) is 5.69 Å². The number of ether oxygens (including phenoxy) is 1. The van der Waals surface area contributed by atoms with Crippen LogP contribution in [0.1, 0.15) is 51.6 Å². The summed E-state index contributed by atoms with van der Waals surface area (Å²) < 4.78 is 8.07. The number of benzene rings is 1. The molecule has 7 heteroatoms. The van der Waals surface area contributed by atoms with Gasteiger partial charge in [0, 0.05) is 42.4 Å². The van der Waals surface area contributed by atoms with E-state index in [0.29, 0.717) is 18.3 Å². The summed E-state index contributed by atoms with van der Waals surface area (Å²) in [7, 11) is 0. The molecular formula is C22H28N4O3. The van der Waals surface area contributed by atoms with E-state index in [2.05, 4.69) is 17.3 Å². The molecule has 4 rings (SSSR count). The minimum atomic E-state index is -0.155. The fraction of sp³-hybridized carbons (Fsp3) is 0.500. The average molecular weight is 396 g/mol. The number of rotatable bonds is 6. The summed E-state index contributed by atoms with van der Waals surface area (Å²) in [5.41, 5.74) is 3.75. The third-order valence-corrected chi connectivity index (χ3v) is 5.64. The van der Waals surface area contributed by atoms with E-state index < -0.39 is 0 Å². The molecule has 0 radical (unpaired) electrons. The Morgan fingerprint density at radius 3 is 2.76 bits per heavy atom. The van der Waals surface area contributed by atoms with E-state index in [1.54, 1.807) is 6.92 Å². The van der Waals surface area contributed by atoms with Crippen molar-refractivity contribution in [1.82, 2.24) is 15.1 Å². The second-order valence-electron chi connectivity index (χ2n) is 7.90. The van der Waals surface area contributed by atoms with E-state index in [1.165, 1.54) is 0 Å². The van der Waals surface area contributed by atoms with Gasteiger partial charge in [0.1, 0.15) is 5.75 Å². The lowest BCUT2D eigenvalue weighted by Gasteiger charge is -2.36. The quantitative estimate of drug-likeness (QED) is 0.814. The van der Waals surface area contributed by atoms with Crippen LogP contribution in [-0.4, -0.2) is 40.8 Å². The Balaban J connectivity index is 1.75. The van der Waals surface area contributed by atoms with E-state index in [-0.39, 0.29) is 24.5 Å². The Labute approximate surface area is 171 Å². The third kappa shape index (κ3) is 3.86. The van der Waals surface area contributed by atoms with Gasteiger partial charge in [0.2, 0.25) is 5.91 Å². The first-order chi connectivity index (χ1) is 14.0. The SMILES string of the molecule is CCNC(=O)COc1c(-c2cnn(C3CC3)c2)ccc2c1CC[C@H](C)N2C(C)=O. The molecule has 154 valence electrons. The van der Waals surface area contributed by atoms with Crippen molar-refractivity contribution in [2.75, 3.05) is 18.1 Å². The van der Waals surface area contributed by atoms with Crippen LogP contribution in [-0.2, 0) is 16.0 Å². The van der Waals surface area contributed by atoms with Crippen molar-refractivity contribution in [3.05, 3.63) is 30.1 Å². The molecule has 1 aliphatic carbocycles. The maximum atomic E-state index is 12.3. The Hall–Kier alpha value is -2.83. The van der Waals surface area contributed by atoms with Crippen molar-refractivity contribution in [3.63, 3.8) is 0 Å². The van der Waals surface area contributed by atoms with Crippen molar-refractivity contribution in [3.8, 4) is 16.9 Å². The van der Waals surface area contributed by atoms with Crippen LogP contribution >= 0.6 is 0 Å². The second kappa shape index (κ2) is 7.89. The van der Waals surface area contributed by atoms with Crippen LogP contribution in [0.5, 0.6) is 5.75 Å². The van der Waals surface area contributed by atoms with Gasteiger partial charge in [-0.3, -0.25) is 14.3 Å².